The predicted molar refractivity (Wildman–Crippen MR) is 85.8 cm³/mol. The highest BCUT2D eigenvalue weighted by Gasteiger charge is 2.35. The normalized spacial score (nSPS) is 21.8. The third-order valence-electron chi connectivity index (χ3n) is 4.06. The van der Waals surface area contributed by atoms with Crippen molar-refractivity contribution < 1.29 is 31.1 Å². The number of alkyl halides is 3. The molecule has 0 spiro atoms. The third kappa shape index (κ3) is 3.24. The summed E-state index contributed by atoms with van der Waals surface area (Å²) in [5.74, 6) is 0.615. The minimum atomic E-state index is -4.56. The van der Waals surface area contributed by atoms with E-state index in [1.165, 1.54) is 12.1 Å². The number of pyridine rings is 1. The van der Waals surface area contributed by atoms with Crippen molar-refractivity contribution in [3.05, 3.63) is 23.8 Å². The van der Waals surface area contributed by atoms with Crippen LogP contribution in [-0.4, -0.2) is 37.0 Å². The number of halogens is 3. The highest BCUT2D eigenvalue weighted by atomic mass is 32.2. The maximum absolute atomic E-state index is 13.5. The molecule has 4 rings (SSSR count). The first-order valence-corrected chi connectivity index (χ1v) is 10.1. The molecule has 1 saturated heterocycles. The molecule has 1 aromatic heterocycles. The summed E-state index contributed by atoms with van der Waals surface area (Å²) in [6.45, 7) is -0.0471. The average Bonchev–Trinajstić information content (AvgIpc) is 3.08. The van der Waals surface area contributed by atoms with Gasteiger partial charge in [0.1, 0.15) is 0 Å². The number of hydrogen-bond donors (Lipinski definition) is 0. The van der Waals surface area contributed by atoms with Crippen LogP contribution in [-0.2, 0) is 16.0 Å². The van der Waals surface area contributed by atoms with Gasteiger partial charge in [0.15, 0.2) is 21.3 Å². The Bertz CT molecular complexity index is 959. The summed E-state index contributed by atoms with van der Waals surface area (Å²) < 4.78 is 73.9. The quantitative estimate of drug-likeness (QED) is 0.783. The van der Waals surface area contributed by atoms with E-state index in [2.05, 4.69) is 4.98 Å². The molecule has 1 unspecified atom stereocenters. The summed E-state index contributed by atoms with van der Waals surface area (Å²) in [6, 6.07) is 3.67. The van der Waals surface area contributed by atoms with Crippen molar-refractivity contribution in [3.63, 3.8) is 0 Å². The van der Waals surface area contributed by atoms with Gasteiger partial charge in [-0.15, -0.1) is 11.8 Å². The molecular weight excluding hydrogens is 379 g/mol. The second-order valence-corrected chi connectivity index (χ2v) is 9.42. The summed E-state index contributed by atoms with van der Waals surface area (Å²) in [7, 11) is -3.11. The monoisotopic (exact) mass is 391 g/mol. The zero-order valence-corrected chi connectivity index (χ0v) is 14.3. The summed E-state index contributed by atoms with van der Waals surface area (Å²) >= 11 is 1.07. The summed E-state index contributed by atoms with van der Waals surface area (Å²) in [4.78, 5) is 4.27. The molecule has 10 heteroatoms. The van der Waals surface area contributed by atoms with Crippen LogP contribution in [0.2, 0.25) is 0 Å². The van der Waals surface area contributed by atoms with Crippen molar-refractivity contribution in [2.24, 2.45) is 0 Å². The molecule has 0 bridgehead atoms. The lowest BCUT2D eigenvalue weighted by Gasteiger charge is -2.14. The van der Waals surface area contributed by atoms with Crippen molar-refractivity contribution in [3.8, 4) is 11.5 Å². The molecular formula is C15H12F3NO4S2. The highest BCUT2D eigenvalue weighted by molar-refractivity contribution is 8.01. The summed E-state index contributed by atoms with van der Waals surface area (Å²) in [6.07, 6.45) is -4.15. The van der Waals surface area contributed by atoms with Gasteiger partial charge >= 0.3 is 6.18 Å². The highest BCUT2D eigenvalue weighted by Crippen LogP contribution is 2.43. The standard InChI is InChI=1S/C15H12F3NO4S2/c16-15(17,18)10-4-14(24-8-1-2-25(20,21)6-8)19-11-5-13-12(3-9(10)11)22-7-23-13/h3-5,8H,1-2,6-7H2. The fraction of sp³-hybridized carbons (Fsp3) is 0.400. The number of sulfone groups is 1. The lowest BCUT2D eigenvalue weighted by Crippen LogP contribution is -2.09. The Morgan fingerprint density at radius 2 is 1.88 bits per heavy atom. The maximum atomic E-state index is 13.5. The molecule has 2 aromatic rings. The molecule has 1 fully saturated rings. The van der Waals surface area contributed by atoms with Gasteiger partial charge in [0.2, 0.25) is 6.79 Å². The number of nitrogens with zero attached hydrogens (tertiary/aromatic N) is 1. The first-order chi connectivity index (χ1) is 11.7. The molecule has 3 heterocycles. The smallest absolute Gasteiger partial charge is 0.417 e. The fourth-order valence-electron chi connectivity index (χ4n) is 2.91. The Morgan fingerprint density at radius 1 is 1.16 bits per heavy atom. The van der Waals surface area contributed by atoms with Gasteiger partial charge in [-0.3, -0.25) is 0 Å². The van der Waals surface area contributed by atoms with E-state index in [9.17, 15) is 21.6 Å². The van der Waals surface area contributed by atoms with Crippen molar-refractivity contribution in [2.75, 3.05) is 18.3 Å². The van der Waals surface area contributed by atoms with Gasteiger partial charge < -0.3 is 9.47 Å². The van der Waals surface area contributed by atoms with Gasteiger partial charge in [0.25, 0.3) is 0 Å². The molecule has 0 radical (unpaired) electrons. The summed E-state index contributed by atoms with van der Waals surface area (Å²) in [5, 5.41) is -0.203. The minimum Gasteiger partial charge on any atom is -0.454 e. The lowest BCUT2D eigenvalue weighted by atomic mass is 10.1. The van der Waals surface area contributed by atoms with Crippen LogP contribution in [0.5, 0.6) is 11.5 Å². The van der Waals surface area contributed by atoms with E-state index >= 15 is 0 Å². The molecule has 0 aliphatic carbocycles. The molecule has 2 aliphatic heterocycles. The van der Waals surface area contributed by atoms with Crippen LogP contribution in [0.3, 0.4) is 0 Å². The zero-order valence-electron chi connectivity index (χ0n) is 12.7. The lowest BCUT2D eigenvalue weighted by molar-refractivity contribution is -0.136. The topological polar surface area (TPSA) is 65.5 Å². The van der Waals surface area contributed by atoms with Gasteiger partial charge in [-0.25, -0.2) is 13.4 Å². The fourth-order valence-corrected chi connectivity index (χ4v) is 6.41. The third-order valence-corrected chi connectivity index (χ3v) is 7.23. The van der Waals surface area contributed by atoms with Gasteiger partial charge in [-0.1, -0.05) is 0 Å². The molecule has 134 valence electrons. The van der Waals surface area contributed by atoms with Gasteiger partial charge in [-0.05, 0) is 18.6 Å². The number of fused-ring (bicyclic) bond motifs is 2. The van der Waals surface area contributed by atoms with E-state index in [0.717, 1.165) is 17.8 Å². The first-order valence-electron chi connectivity index (χ1n) is 7.40. The largest absolute Gasteiger partial charge is 0.454 e. The molecule has 25 heavy (non-hydrogen) atoms. The van der Waals surface area contributed by atoms with Crippen LogP contribution in [0.4, 0.5) is 13.2 Å². The SMILES string of the molecule is O=S1(=O)CCC(Sc2cc(C(F)(F)F)c3cc4c(cc3n2)OCO4)C1. The van der Waals surface area contributed by atoms with Gasteiger partial charge in [0, 0.05) is 16.7 Å². The molecule has 0 N–H and O–H groups in total. The Hall–Kier alpha value is -1.68. The molecule has 0 amide bonds. The van der Waals surface area contributed by atoms with Crippen LogP contribution in [0, 0.1) is 0 Å². The van der Waals surface area contributed by atoms with E-state index in [1.807, 2.05) is 0 Å². The van der Waals surface area contributed by atoms with E-state index in [-0.39, 0.29) is 45.2 Å². The van der Waals surface area contributed by atoms with Crippen LogP contribution in [0.15, 0.2) is 23.2 Å². The molecule has 0 saturated carbocycles. The van der Waals surface area contributed by atoms with E-state index in [1.54, 1.807) is 0 Å². The van der Waals surface area contributed by atoms with Crippen LogP contribution < -0.4 is 9.47 Å². The number of aromatic nitrogens is 1. The van der Waals surface area contributed by atoms with Gasteiger partial charge in [-0.2, -0.15) is 13.2 Å². The number of rotatable bonds is 2. The number of thioether (sulfide) groups is 1. The molecule has 5 nitrogen and oxygen atoms in total. The van der Waals surface area contributed by atoms with Gasteiger partial charge in [0.05, 0.1) is 27.6 Å². The second kappa shape index (κ2) is 5.66. The zero-order chi connectivity index (χ0) is 17.8. The summed E-state index contributed by atoms with van der Waals surface area (Å²) in [5.41, 5.74) is -0.679. The number of benzene rings is 1. The maximum Gasteiger partial charge on any atom is 0.417 e. The Morgan fingerprint density at radius 3 is 2.52 bits per heavy atom. The molecule has 1 aromatic carbocycles. The van der Waals surface area contributed by atoms with Crippen molar-refractivity contribution in [1.82, 2.24) is 4.98 Å². The Kier molecular flexibility index (Phi) is 3.80. The minimum absolute atomic E-state index is 0.0418. The van der Waals surface area contributed by atoms with Crippen LogP contribution in [0.1, 0.15) is 12.0 Å². The van der Waals surface area contributed by atoms with Crippen molar-refractivity contribution in [2.45, 2.75) is 22.9 Å². The molecule has 2 aliphatic rings. The predicted octanol–water partition coefficient (Wildman–Crippen LogP) is 3.26. The average molecular weight is 391 g/mol. The Balaban J connectivity index is 1.79. The Labute approximate surface area is 145 Å². The van der Waals surface area contributed by atoms with Crippen molar-refractivity contribution in [1.29, 1.82) is 0 Å². The second-order valence-electron chi connectivity index (χ2n) is 5.87. The number of ether oxygens (including phenoxy) is 2. The van der Waals surface area contributed by atoms with Crippen LogP contribution >= 0.6 is 11.8 Å². The van der Waals surface area contributed by atoms with E-state index in [0.29, 0.717) is 12.2 Å². The molecule has 1 atom stereocenters. The van der Waals surface area contributed by atoms with E-state index < -0.39 is 21.6 Å². The van der Waals surface area contributed by atoms with Crippen molar-refractivity contribution >= 4 is 32.5 Å². The van der Waals surface area contributed by atoms with Crippen LogP contribution in [0.25, 0.3) is 10.9 Å². The number of hydrogen-bond acceptors (Lipinski definition) is 6. The first kappa shape index (κ1) is 16.8. The van der Waals surface area contributed by atoms with E-state index in [4.69, 9.17) is 9.47 Å².